The Kier molecular flexibility index (Phi) is 6.64. The number of hydrogen-bond acceptors (Lipinski definition) is 6. The highest BCUT2D eigenvalue weighted by Gasteiger charge is 2.40. The maximum absolute atomic E-state index is 9.60. The van der Waals surface area contributed by atoms with E-state index in [2.05, 4.69) is 53.8 Å². The number of nitriles is 2. The summed E-state index contributed by atoms with van der Waals surface area (Å²) in [6.45, 7) is 10.3. The second kappa shape index (κ2) is 9.46. The molecule has 0 bridgehead atoms. The predicted molar refractivity (Wildman–Crippen MR) is 128 cm³/mol. The predicted octanol–water partition coefficient (Wildman–Crippen LogP) is 4.86. The molecule has 1 aliphatic rings. The number of fused-ring (bicyclic) bond motifs is 1. The largest absolute Gasteiger partial charge is 0.361 e. The van der Waals surface area contributed by atoms with Gasteiger partial charge in [0.05, 0.1) is 41.9 Å². The molecule has 4 unspecified atom stereocenters. The molecule has 33 heavy (non-hydrogen) atoms. The van der Waals surface area contributed by atoms with E-state index in [-0.39, 0.29) is 23.8 Å². The summed E-state index contributed by atoms with van der Waals surface area (Å²) in [6.07, 6.45) is 9.02. The minimum Gasteiger partial charge on any atom is -0.361 e. The normalized spacial score (nSPS) is 21.7. The molecule has 0 aliphatic heterocycles. The molecule has 3 aromatic rings. The molecule has 4 rings (SSSR count). The highest BCUT2D eigenvalue weighted by Crippen LogP contribution is 2.42. The van der Waals surface area contributed by atoms with Crippen molar-refractivity contribution in [3.63, 3.8) is 0 Å². The van der Waals surface area contributed by atoms with Gasteiger partial charge in [0.15, 0.2) is 0 Å². The highest BCUT2D eigenvalue weighted by atomic mass is 28.3. The van der Waals surface area contributed by atoms with Crippen molar-refractivity contribution < 1.29 is 4.74 Å². The van der Waals surface area contributed by atoms with E-state index in [0.29, 0.717) is 6.73 Å². The number of aromatic nitrogens is 5. The fraction of sp³-hybridized carbons (Fsp3) is 0.542. The third kappa shape index (κ3) is 4.85. The van der Waals surface area contributed by atoms with Gasteiger partial charge in [0.25, 0.3) is 0 Å². The van der Waals surface area contributed by atoms with Crippen LogP contribution in [0.2, 0.25) is 25.7 Å². The Bertz CT molecular complexity index is 1200. The van der Waals surface area contributed by atoms with Crippen LogP contribution in [0.5, 0.6) is 0 Å². The van der Waals surface area contributed by atoms with Crippen LogP contribution >= 0.6 is 0 Å². The second-order valence-electron chi connectivity index (χ2n) is 10.2. The Hall–Kier alpha value is -3.01. The summed E-state index contributed by atoms with van der Waals surface area (Å²) in [7, 11) is -1.12. The maximum Gasteiger partial charge on any atom is 0.145 e. The number of hydrogen-bond donors (Lipinski definition) is 0. The quantitative estimate of drug-likeness (QED) is 0.350. The summed E-state index contributed by atoms with van der Waals surface area (Å²) in [4.78, 5) is 9.02. The van der Waals surface area contributed by atoms with Crippen molar-refractivity contribution in [2.24, 2.45) is 17.8 Å². The van der Waals surface area contributed by atoms with Crippen molar-refractivity contribution in [1.29, 1.82) is 10.5 Å². The Morgan fingerprint density at radius 2 is 2.03 bits per heavy atom. The fourth-order valence-electron chi connectivity index (χ4n) is 4.66. The van der Waals surface area contributed by atoms with Crippen molar-refractivity contribution in [3.05, 3.63) is 31.0 Å². The number of nitrogens with zero attached hydrogens (tertiary/aromatic N) is 7. The van der Waals surface area contributed by atoms with E-state index >= 15 is 0 Å². The van der Waals surface area contributed by atoms with Crippen molar-refractivity contribution >= 4 is 19.1 Å². The minimum atomic E-state index is -1.12. The molecule has 3 heterocycles. The average molecular weight is 462 g/mol. The zero-order valence-corrected chi connectivity index (χ0v) is 20.8. The van der Waals surface area contributed by atoms with E-state index in [1.54, 1.807) is 6.33 Å². The van der Waals surface area contributed by atoms with Crippen molar-refractivity contribution in [2.45, 2.75) is 58.2 Å². The van der Waals surface area contributed by atoms with Gasteiger partial charge in [-0.25, -0.2) is 9.97 Å². The molecule has 0 spiro atoms. The lowest BCUT2D eigenvalue weighted by Gasteiger charge is -2.22. The molecule has 8 nitrogen and oxygen atoms in total. The first-order valence-corrected chi connectivity index (χ1v) is 15.2. The molecule has 1 saturated carbocycles. The first-order chi connectivity index (χ1) is 15.8. The maximum atomic E-state index is 9.60. The van der Waals surface area contributed by atoms with Crippen LogP contribution in [-0.4, -0.2) is 39.0 Å². The van der Waals surface area contributed by atoms with E-state index < -0.39 is 8.07 Å². The van der Waals surface area contributed by atoms with E-state index in [4.69, 9.17) is 4.74 Å². The van der Waals surface area contributed by atoms with Crippen LogP contribution in [0.4, 0.5) is 0 Å². The lowest BCUT2D eigenvalue weighted by molar-refractivity contribution is 0.0899. The van der Waals surface area contributed by atoms with Gasteiger partial charge in [0, 0.05) is 38.0 Å². The van der Waals surface area contributed by atoms with Gasteiger partial charge in [-0.05, 0) is 37.8 Å². The minimum absolute atomic E-state index is 0.0310. The van der Waals surface area contributed by atoms with Gasteiger partial charge in [-0.1, -0.05) is 19.6 Å². The van der Waals surface area contributed by atoms with Gasteiger partial charge >= 0.3 is 0 Å². The molecule has 0 aromatic carbocycles. The summed E-state index contributed by atoms with van der Waals surface area (Å²) in [6, 6.07) is 7.85. The van der Waals surface area contributed by atoms with Crippen LogP contribution in [0.3, 0.4) is 0 Å². The van der Waals surface area contributed by atoms with Gasteiger partial charge in [0.2, 0.25) is 0 Å². The monoisotopic (exact) mass is 461 g/mol. The molecule has 4 atom stereocenters. The van der Waals surface area contributed by atoms with Crippen LogP contribution in [0.15, 0.2) is 31.0 Å². The zero-order valence-electron chi connectivity index (χ0n) is 19.8. The second-order valence-corrected chi connectivity index (χ2v) is 15.8. The molecule has 0 amide bonds. The molecular formula is C24H31N7OSi. The molecule has 172 valence electrons. The van der Waals surface area contributed by atoms with Gasteiger partial charge in [-0.15, -0.1) is 0 Å². The first kappa shape index (κ1) is 23.2. The molecule has 0 saturated heterocycles. The van der Waals surface area contributed by atoms with Crippen molar-refractivity contribution in [3.8, 4) is 23.4 Å². The zero-order chi connectivity index (χ0) is 23.6. The standard InChI is InChI=1S/C24H31N7OSi/c1-17(20-6-5-18(11-25)22(20)12-26)31-14-19(13-29-31)23-21-7-8-30(24(21)28-15-27-23)16-32-9-10-33(2,3)4/h7-8,13-15,17-18,20,22H,5-6,9-10,16H2,1-4H3. The topological polar surface area (TPSA) is 105 Å². The van der Waals surface area contributed by atoms with E-state index in [1.807, 2.05) is 33.9 Å². The van der Waals surface area contributed by atoms with Crippen molar-refractivity contribution in [2.75, 3.05) is 6.61 Å². The molecular weight excluding hydrogens is 430 g/mol. The highest BCUT2D eigenvalue weighted by molar-refractivity contribution is 6.76. The van der Waals surface area contributed by atoms with E-state index in [0.717, 1.165) is 47.8 Å². The van der Waals surface area contributed by atoms with Gasteiger partial charge in [-0.2, -0.15) is 15.6 Å². The van der Waals surface area contributed by atoms with Crippen LogP contribution in [-0.2, 0) is 11.5 Å². The summed E-state index contributed by atoms with van der Waals surface area (Å²) in [5.74, 6) is -0.322. The first-order valence-electron chi connectivity index (χ1n) is 11.5. The van der Waals surface area contributed by atoms with E-state index in [9.17, 15) is 10.5 Å². The Morgan fingerprint density at radius 3 is 2.76 bits per heavy atom. The summed E-state index contributed by atoms with van der Waals surface area (Å²) in [5, 5.41) is 24.5. The Labute approximate surface area is 195 Å². The van der Waals surface area contributed by atoms with Crippen LogP contribution < -0.4 is 0 Å². The number of rotatable bonds is 8. The smallest absolute Gasteiger partial charge is 0.145 e. The Balaban J connectivity index is 1.52. The summed E-state index contributed by atoms with van der Waals surface area (Å²) < 4.78 is 9.83. The lowest BCUT2D eigenvalue weighted by atomic mass is 9.87. The summed E-state index contributed by atoms with van der Waals surface area (Å²) in [5.41, 5.74) is 2.58. The van der Waals surface area contributed by atoms with E-state index in [1.165, 1.54) is 0 Å². The molecule has 0 radical (unpaired) electrons. The molecule has 0 N–H and O–H groups in total. The third-order valence-corrected chi connectivity index (χ3v) is 8.42. The average Bonchev–Trinajstić information content (AvgIpc) is 3.53. The van der Waals surface area contributed by atoms with Crippen molar-refractivity contribution in [1.82, 2.24) is 24.3 Å². The molecule has 9 heteroatoms. The van der Waals surface area contributed by atoms with Crippen LogP contribution in [0.25, 0.3) is 22.3 Å². The summed E-state index contributed by atoms with van der Waals surface area (Å²) >= 11 is 0. The third-order valence-electron chi connectivity index (χ3n) is 6.72. The van der Waals surface area contributed by atoms with Gasteiger partial charge < -0.3 is 9.30 Å². The van der Waals surface area contributed by atoms with Gasteiger partial charge in [0.1, 0.15) is 18.7 Å². The molecule has 3 aromatic heterocycles. The SMILES string of the molecule is CC(C1CCC(C#N)C1C#N)n1cc(-c2ncnc3c2ccn3COCC[Si](C)(C)C)cn1. The number of ether oxygens (including phenoxy) is 1. The van der Waals surface area contributed by atoms with Crippen LogP contribution in [0, 0.1) is 40.4 Å². The lowest BCUT2D eigenvalue weighted by Crippen LogP contribution is -2.22. The fourth-order valence-corrected chi connectivity index (χ4v) is 5.42. The molecule has 1 aliphatic carbocycles. The molecule has 1 fully saturated rings. The van der Waals surface area contributed by atoms with Gasteiger partial charge in [-0.3, -0.25) is 4.68 Å². The van der Waals surface area contributed by atoms with Crippen LogP contribution in [0.1, 0.15) is 25.8 Å². The Morgan fingerprint density at radius 1 is 1.21 bits per heavy atom.